The Morgan fingerprint density at radius 3 is 2.62 bits per heavy atom. The van der Waals surface area contributed by atoms with Gasteiger partial charge >= 0.3 is 0 Å². The van der Waals surface area contributed by atoms with Gasteiger partial charge < -0.3 is 5.73 Å². The van der Waals surface area contributed by atoms with Crippen LogP contribution in [0.25, 0.3) is 0 Å². The summed E-state index contributed by atoms with van der Waals surface area (Å²) in [7, 11) is 0. The van der Waals surface area contributed by atoms with Crippen LogP contribution in [0.5, 0.6) is 0 Å². The second kappa shape index (κ2) is 4.91. The van der Waals surface area contributed by atoms with E-state index in [4.69, 9.17) is 5.73 Å². The molecule has 0 bridgehead atoms. The van der Waals surface area contributed by atoms with Crippen LogP contribution >= 0.6 is 0 Å². The first-order valence-electron chi connectivity index (χ1n) is 5.83. The minimum Gasteiger partial charge on any atom is -0.330 e. The highest BCUT2D eigenvalue weighted by Gasteiger charge is 2.25. The number of benzene rings is 1. The van der Waals surface area contributed by atoms with E-state index in [-0.39, 0.29) is 6.54 Å². The van der Waals surface area contributed by atoms with E-state index in [9.17, 15) is 8.78 Å². The quantitative estimate of drug-likeness (QED) is 0.841. The van der Waals surface area contributed by atoms with Crippen molar-refractivity contribution in [1.82, 2.24) is 0 Å². The average molecular weight is 225 g/mol. The molecule has 0 saturated carbocycles. The summed E-state index contributed by atoms with van der Waals surface area (Å²) in [4.78, 5) is 0. The predicted molar refractivity (Wildman–Crippen MR) is 60.9 cm³/mol. The van der Waals surface area contributed by atoms with Crippen LogP contribution in [0.3, 0.4) is 0 Å². The van der Waals surface area contributed by atoms with Crippen LogP contribution in [-0.4, -0.2) is 13.0 Å². The Balaban J connectivity index is 2.39. The Morgan fingerprint density at radius 2 is 1.94 bits per heavy atom. The Labute approximate surface area is 94.7 Å². The third-order valence-corrected chi connectivity index (χ3v) is 3.39. The molecule has 2 rings (SSSR count). The highest BCUT2D eigenvalue weighted by Crippen LogP contribution is 2.31. The molecule has 0 aromatic heterocycles. The first kappa shape index (κ1) is 11.5. The Morgan fingerprint density at radius 1 is 1.19 bits per heavy atom. The number of aryl methyl sites for hydroxylation is 1. The molecule has 16 heavy (non-hydrogen) atoms. The maximum absolute atomic E-state index is 12.9. The van der Waals surface area contributed by atoms with Crippen LogP contribution in [0.15, 0.2) is 18.2 Å². The van der Waals surface area contributed by atoms with E-state index >= 15 is 0 Å². The summed E-state index contributed by atoms with van der Waals surface area (Å²) >= 11 is 0. The molecule has 0 saturated heterocycles. The number of rotatable bonds is 3. The van der Waals surface area contributed by atoms with Crippen molar-refractivity contribution in [2.75, 3.05) is 6.54 Å². The molecule has 1 aromatic carbocycles. The summed E-state index contributed by atoms with van der Waals surface area (Å²) in [5.74, 6) is -0.798. The number of fused-ring (bicyclic) bond motifs is 1. The zero-order valence-electron chi connectivity index (χ0n) is 9.26. The van der Waals surface area contributed by atoms with Gasteiger partial charge in [0.15, 0.2) is 0 Å². The molecule has 88 valence electrons. The van der Waals surface area contributed by atoms with Gasteiger partial charge in [0, 0.05) is 6.54 Å². The third-order valence-electron chi connectivity index (χ3n) is 3.39. The summed E-state index contributed by atoms with van der Waals surface area (Å²) in [5.41, 5.74) is 8.60. The molecule has 0 aliphatic heterocycles. The van der Waals surface area contributed by atoms with E-state index in [0.717, 1.165) is 30.4 Å². The van der Waals surface area contributed by atoms with Gasteiger partial charge in [0.05, 0.1) is 5.92 Å². The molecule has 1 aromatic rings. The lowest BCUT2D eigenvalue weighted by atomic mass is 9.84. The highest BCUT2D eigenvalue weighted by molar-refractivity contribution is 5.39. The molecule has 0 heterocycles. The van der Waals surface area contributed by atoms with Gasteiger partial charge in [0.1, 0.15) is 0 Å². The first-order valence-corrected chi connectivity index (χ1v) is 5.83. The normalized spacial score (nSPS) is 17.2. The Bertz CT molecular complexity index is 363. The molecule has 0 spiro atoms. The highest BCUT2D eigenvalue weighted by atomic mass is 19.3. The van der Waals surface area contributed by atoms with Gasteiger partial charge in [-0.25, -0.2) is 8.78 Å². The van der Waals surface area contributed by atoms with Gasteiger partial charge in [-0.05, 0) is 42.4 Å². The molecular formula is C13H17F2N. The number of hydrogen-bond acceptors (Lipinski definition) is 1. The summed E-state index contributed by atoms with van der Waals surface area (Å²) < 4.78 is 25.8. The lowest BCUT2D eigenvalue weighted by Gasteiger charge is -2.23. The minimum absolute atomic E-state index is 0.0219. The van der Waals surface area contributed by atoms with Crippen molar-refractivity contribution in [3.05, 3.63) is 34.9 Å². The number of nitrogens with two attached hydrogens (primary N) is 1. The van der Waals surface area contributed by atoms with Gasteiger partial charge in [-0.1, -0.05) is 18.2 Å². The molecule has 3 heteroatoms. The fourth-order valence-corrected chi connectivity index (χ4v) is 2.52. The summed E-state index contributed by atoms with van der Waals surface area (Å²) in [6, 6.07) is 5.75. The molecule has 2 N–H and O–H groups in total. The second-order valence-electron chi connectivity index (χ2n) is 4.37. The molecule has 1 unspecified atom stereocenters. The van der Waals surface area contributed by atoms with E-state index in [2.05, 4.69) is 6.07 Å². The average Bonchev–Trinajstić information content (AvgIpc) is 2.30. The first-order chi connectivity index (χ1) is 7.74. The van der Waals surface area contributed by atoms with Crippen molar-refractivity contribution in [2.45, 2.75) is 38.0 Å². The number of alkyl halides is 2. The summed E-state index contributed by atoms with van der Waals surface area (Å²) in [6.07, 6.45) is 1.85. The molecule has 1 aliphatic carbocycles. The fraction of sp³-hybridized carbons (Fsp3) is 0.538. The van der Waals surface area contributed by atoms with Crippen molar-refractivity contribution in [3.63, 3.8) is 0 Å². The smallest absolute Gasteiger partial charge is 0.246 e. The molecular weight excluding hydrogens is 208 g/mol. The van der Waals surface area contributed by atoms with Crippen LogP contribution < -0.4 is 5.73 Å². The molecule has 1 nitrogen and oxygen atoms in total. The molecule has 0 fully saturated rings. The topological polar surface area (TPSA) is 26.0 Å². The van der Waals surface area contributed by atoms with Gasteiger partial charge in [-0.2, -0.15) is 0 Å². The van der Waals surface area contributed by atoms with Gasteiger partial charge in [-0.15, -0.1) is 0 Å². The number of halogens is 2. The lowest BCUT2D eigenvalue weighted by molar-refractivity contribution is 0.116. The zero-order chi connectivity index (χ0) is 11.5. The van der Waals surface area contributed by atoms with Crippen molar-refractivity contribution in [2.24, 2.45) is 5.73 Å². The van der Waals surface area contributed by atoms with Gasteiger partial charge in [-0.3, -0.25) is 0 Å². The van der Waals surface area contributed by atoms with E-state index in [0.29, 0.717) is 0 Å². The maximum atomic E-state index is 12.9. The predicted octanol–water partition coefficient (Wildman–Crippen LogP) is 2.87. The molecule has 1 atom stereocenters. The summed E-state index contributed by atoms with van der Waals surface area (Å²) in [6.45, 7) is 0.0219. The summed E-state index contributed by atoms with van der Waals surface area (Å²) in [5, 5.41) is 0. The van der Waals surface area contributed by atoms with Crippen molar-refractivity contribution in [3.8, 4) is 0 Å². The molecule has 0 amide bonds. The lowest BCUT2D eigenvalue weighted by Crippen LogP contribution is -2.22. The van der Waals surface area contributed by atoms with E-state index in [1.165, 1.54) is 12.0 Å². The van der Waals surface area contributed by atoms with Crippen LogP contribution in [0.1, 0.15) is 35.4 Å². The van der Waals surface area contributed by atoms with Crippen LogP contribution in [0.2, 0.25) is 0 Å². The Hall–Kier alpha value is -0.960. The molecule has 0 radical (unpaired) electrons. The number of hydrogen-bond donors (Lipinski definition) is 1. The minimum atomic E-state index is -2.36. The molecule has 1 aliphatic rings. The van der Waals surface area contributed by atoms with E-state index < -0.39 is 12.3 Å². The van der Waals surface area contributed by atoms with Crippen LogP contribution in [0.4, 0.5) is 8.78 Å². The monoisotopic (exact) mass is 225 g/mol. The Kier molecular flexibility index (Phi) is 3.54. The maximum Gasteiger partial charge on any atom is 0.246 e. The van der Waals surface area contributed by atoms with Crippen molar-refractivity contribution in [1.29, 1.82) is 0 Å². The van der Waals surface area contributed by atoms with E-state index in [1.54, 1.807) is 0 Å². The van der Waals surface area contributed by atoms with Gasteiger partial charge in [0.25, 0.3) is 0 Å². The van der Waals surface area contributed by atoms with Crippen molar-refractivity contribution >= 4 is 0 Å². The largest absolute Gasteiger partial charge is 0.330 e. The van der Waals surface area contributed by atoms with E-state index in [1.807, 2.05) is 12.1 Å². The van der Waals surface area contributed by atoms with Crippen LogP contribution in [-0.2, 0) is 12.8 Å². The third kappa shape index (κ3) is 2.09. The van der Waals surface area contributed by atoms with Crippen molar-refractivity contribution < 1.29 is 8.78 Å². The fourth-order valence-electron chi connectivity index (χ4n) is 2.52. The van der Waals surface area contributed by atoms with Gasteiger partial charge in [0.2, 0.25) is 6.43 Å². The second-order valence-corrected chi connectivity index (χ2v) is 4.37. The van der Waals surface area contributed by atoms with Crippen LogP contribution in [0, 0.1) is 0 Å². The SMILES string of the molecule is NCC(c1cccc2c1CCCC2)C(F)F. The zero-order valence-corrected chi connectivity index (χ0v) is 9.26. The standard InChI is InChI=1S/C13H17F2N/c14-13(15)12(8-16)11-7-3-5-9-4-1-2-6-10(9)11/h3,5,7,12-13H,1-2,4,6,8,16H2.